The van der Waals surface area contributed by atoms with Crippen LogP contribution in [0.1, 0.15) is 25.8 Å². The van der Waals surface area contributed by atoms with E-state index in [0.29, 0.717) is 12.1 Å². The normalized spacial score (nSPS) is 24.1. The molecule has 0 aliphatic carbocycles. The minimum absolute atomic E-state index is 0.526. The molecule has 3 nitrogen and oxygen atoms in total. The molecule has 1 heterocycles. The van der Waals surface area contributed by atoms with Gasteiger partial charge in [-0.1, -0.05) is 13.0 Å². The third-order valence-electron chi connectivity index (χ3n) is 3.73. The van der Waals surface area contributed by atoms with Gasteiger partial charge < -0.3 is 15.0 Å². The summed E-state index contributed by atoms with van der Waals surface area (Å²) in [5.41, 5.74) is 2.52. The molecule has 0 aromatic heterocycles. The molecule has 1 N–H and O–H groups in total. The number of hydrogen-bond acceptors (Lipinski definition) is 3. The van der Waals surface area contributed by atoms with E-state index in [4.69, 9.17) is 4.74 Å². The molecule has 2 rings (SSSR count). The molecule has 18 heavy (non-hydrogen) atoms. The van der Waals surface area contributed by atoms with Gasteiger partial charge in [0.2, 0.25) is 0 Å². The third kappa shape index (κ3) is 2.61. The van der Waals surface area contributed by atoms with Crippen molar-refractivity contribution in [2.24, 2.45) is 0 Å². The summed E-state index contributed by atoms with van der Waals surface area (Å²) in [6.07, 6.45) is 1.15. The molecule has 2 unspecified atom stereocenters. The number of methoxy groups -OCH3 is 1. The van der Waals surface area contributed by atoms with Crippen molar-refractivity contribution in [1.29, 1.82) is 0 Å². The van der Waals surface area contributed by atoms with Gasteiger partial charge in [-0.3, -0.25) is 0 Å². The van der Waals surface area contributed by atoms with E-state index in [9.17, 15) is 0 Å². The molecule has 0 spiro atoms. The molecule has 2 atom stereocenters. The number of anilines is 1. The Bertz CT molecular complexity index is 405. The Kier molecular flexibility index (Phi) is 4.12. The zero-order chi connectivity index (χ0) is 13.1. The van der Waals surface area contributed by atoms with Crippen LogP contribution in [-0.2, 0) is 0 Å². The van der Waals surface area contributed by atoms with E-state index in [-0.39, 0.29) is 0 Å². The lowest BCUT2D eigenvalue weighted by Crippen LogP contribution is -2.55. The van der Waals surface area contributed by atoms with Crippen LogP contribution >= 0.6 is 0 Å². The van der Waals surface area contributed by atoms with Crippen LogP contribution in [0.3, 0.4) is 0 Å². The number of benzene rings is 1. The Morgan fingerprint density at radius 2 is 2.22 bits per heavy atom. The lowest BCUT2D eigenvalue weighted by molar-refractivity contribution is 0.385. The van der Waals surface area contributed by atoms with Gasteiger partial charge in [0.25, 0.3) is 0 Å². The molecule has 0 bridgehead atoms. The van der Waals surface area contributed by atoms with Gasteiger partial charge in [0.15, 0.2) is 0 Å². The van der Waals surface area contributed by atoms with Gasteiger partial charge in [-0.15, -0.1) is 0 Å². The summed E-state index contributed by atoms with van der Waals surface area (Å²) in [5.74, 6) is 0.980. The van der Waals surface area contributed by atoms with Gasteiger partial charge in [0.05, 0.1) is 12.8 Å². The maximum absolute atomic E-state index is 5.52. The van der Waals surface area contributed by atoms with Crippen molar-refractivity contribution in [2.75, 3.05) is 25.1 Å². The van der Waals surface area contributed by atoms with Crippen LogP contribution in [0, 0.1) is 6.92 Å². The Balaban J connectivity index is 2.34. The predicted octanol–water partition coefficient (Wildman–Crippen LogP) is 2.58. The molecule has 1 aliphatic heterocycles. The summed E-state index contributed by atoms with van der Waals surface area (Å²) in [5, 5.41) is 3.55. The van der Waals surface area contributed by atoms with Crippen molar-refractivity contribution in [3.63, 3.8) is 0 Å². The number of rotatable bonds is 3. The highest BCUT2D eigenvalue weighted by Crippen LogP contribution is 2.32. The largest absolute Gasteiger partial charge is 0.495 e. The average Bonchev–Trinajstić information content (AvgIpc) is 2.38. The third-order valence-corrected chi connectivity index (χ3v) is 3.73. The summed E-state index contributed by atoms with van der Waals surface area (Å²) in [7, 11) is 1.75. The standard InChI is InChI=1S/C15H24N2O/c1-5-13-9-16-12(3)10-17(13)14-8-11(2)6-7-15(14)18-4/h6-8,12-13,16H,5,9-10H2,1-4H3. The van der Waals surface area contributed by atoms with Crippen molar-refractivity contribution in [2.45, 2.75) is 39.3 Å². The first-order valence-electron chi connectivity index (χ1n) is 6.80. The van der Waals surface area contributed by atoms with Gasteiger partial charge >= 0.3 is 0 Å². The topological polar surface area (TPSA) is 24.5 Å². The maximum atomic E-state index is 5.52. The van der Waals surface area contributed by atoms with Crippen LogP contribution in [0.2, 0.25) is 0 Å². The van der Waals surface area contributed by atoms with E-state index < -0.39 is 0 Å². The number of hydrogen-bond donors (Lipinski definition) is 1. The first-order valence-corrected chi connectivity index (χ1v) is 6.80. The predicted molar refractivity (Wildman–Crippen MR) is 76.6 cm³/mol. The van der Waals surface area contributed by atoms with E-state index in [2.05, 4.69) is 49.2 Å². The van der Waals surface area contributed by atoms with Crippen molar-refractivity contribution < 1.29 is 4.74 Å². The van der Waals surface area contributed by atoms with Crippen molar-refractivity contribution >= 4 is 5.69 Å². The lowest BCUT2D eigenvalue weighted by atomic mass is 10.0. The summed E-state index contributed by atoms with van der Waals surface area (Å²) in [6, 6.07) is 7.49. The first kappa shape index (κ1) is 13.2. The van der Waals surface area contributed by atoms with Gasteiger partial charge in [-0.2, -0.15) is 0 Å². The Hall–Kier alpha value is -1.22. The second kappa shape index (κ2) is 5.61. The highest BCUT2D eigenvalue weighted by molar-refractivity contribution is 5.61. The summed E-state index contributed by atoms with van der Waals surface area (Å²) in [6.45, 7) is 8.71. The number of nitrogens with one attached hydrogen (secondary N) is 1. The minimum atomic E-state index is 0.526. The quantitative estimate of drug-likeness (QED) is 0.890. The van der Waals surface area contributed by atoms with Crippen molar-refractivity contribution in [3.05, 3.63) is 23.8 Å². The fourth-order valence-corrected chi connectivity index (χ4v) is 2.64. The second-order valence-electron chi connectivity index (χ2n) is 5.20. The van der Waals surface area contributed by atoms with E-state index in [0.717, 1.165) is 25.3 Å². The molecule has 1 aliphatic rings. The van der Waals surface area contributed by atoms with Crippen LogP contribution in [-0.4, -0.2) is 32.3 Å². The van der Waals surface area contributed by atoms with Gasteiger partial charge in [-0.25, -0.2) is 0 Å². The van der Waals surface area contributed by atoms with Crippen LogP contribution in [0.15, 0.2) is 18.2 Å². The summed E-state index contributed by atoms with van der Waals surface area (Å²) in [4.78, 5) is 2.49. The zero-order valence-electron chi connectivity index (χ0n) is 11.9. The number of aryl methyl sites for hydroxylation is 1. The van der Waals surface area contributed by atoms with E-state index in [1.54, 1.807) is 7.11 Å². The average molecular weight is 248 g/mol. The lowest BCUT2D eigenvalue weighted by Gasteiger charge is -2.41. The second-order valence-corrected chi connectivity index (χ2v) is 5.20. The van der Waals surface area contributed by atoms with Crippen LogP contribution < -0.4 is 15.0 Å². The summed E-state index contributed by atoms with van der Waals surface area (Å²) < 4.78 is 5.52. The van der Waals surface area contributed by atoms with Gasteiger partial charge in [-0.05, 0) is 38.0 Å². The smallest absolute Gasteiger partial charge is 0.142 e. The Labute approximate surface area is 110 Å². The number of piperazine rings is 1. The molecule has 3 heteroatoms. The van der Waals surface area contributed by atoms with E-state index in [1.165, 1.54) is 11.3 Å². The SMILES string of the molecule is CCC1CNC(C)CN1c1cc(C)ccc1OC. The molecule has 1 fully saturated rings. The van der Waals surface area contributed by atoms with Gasteiger partial charge in [0.1, 0.15) is 5.75 Å². The molecule has 0 radical (unpaired) electrons. The Morgan fingerprint density at radius 3 is 2.89 bits per heavy atom. The Morgan fingerprint density at radius 1 is 1.44 bits per heavy atom. The fraction of sp³-hybridized carbons (Fsp3) is 0.600. The number of nitrogens with zero attached hydrogens (tertiary/aromatic N) is 1. The highest BCUT2D eigenvalue weighted by Gasteiger charge is 2.26. The highest BCUT2D eigenvalue weighted by atomic mass is 16.5. The molecule has 1 aromatic carbocycles. The van der Waals surface area contributed by atoms with Crippen LogP contribution in [0.5, 0.6) is 5.75 Å². The molecule has 1 saturated heterocycles. The minimum Gasteiger partial charge on any atom is -0.495 e. The number of ether oxygens (including phenoxy) is 1. The fourth-order valence-electron chi connectivity index (χ4n) is 2.64. The summed E-state index contributed by atoms with van der Waals surface area (Å²) >= 11 is 0. The molecular formula is C15H24N2O. The maximum Gasteiger partial charge on any atom is 0.142 e. The van der Waals surface area contributed by atoms with Crippen molar-refractivity contribution in [1.82, 2.24) is 5.32 Å². The van der Waals surface area contributed by atoms with Crippen LogP contribution in [0.25, 0.3) is 0 Å². The monoisotopic (exact) mass is 248 g/mol. The van der Waals surface area contributed by atoms with Crippen molar-refractivity contribution in [3.8, 4) is 5.75 Å². The van der Waals surface area contributed by atoms with E-state index >= 15 is 0 Å². The molecular weight excluding hydrogens is 224 g/mol. The molecule has 100 valence electrons. The first-order chi connectivity index (χ1) is 8.65. The molecule has 0 amide bonds. The van der Waals surface area contributed by atoms with E-state index in [1.807, 2.05) is 0 Å². The zero-order valence-corrected chi connectivity index (χ0v) is 11.9. The molecule has 0 saturated carbocycles. The van der Waals surface area contributed by atoms with Gasteiger partial charge in [0, 0.05) is 25.2 Å². The molecule has 1 aromatic rings. The van der Waals surface area contributed by atoms with Crippen LogP contribution in [0.4, 0.5) is 5.69 Å².